The Morgan fingerprint density at radius 2 is 1.86 bits per heavy atom. The number of hydrogen-bond acceptors (Lipinski definition) is 6. The molecule has 11 heteroatoms. The molecule has 3 aromatic rings. The molecule has 2 heterocycles. The first-order valence-corrected chi connectivity index (χ1v) is 11.9. The Labute approximate surface area is 207 Å². The molecule has 1 aromatic carbocycles. The standard InChI is InChI=1S/C25H31F3N6O2/c1-5-9-29-10-11-30-21-19(6-2)34(24-22(23(21)36)31-13-16(4)32-24)14-20(35)33-18-8-7-17(12-15(18)3)25(26,27)28/h7-8,12-13,29-30H,5-6,9-11,14H2,1-4H3,(H,33,35). The summed E-state index contributed by atoms with van der Waals surface area (Å²) in [5.41, 5.74) is 1.46. The van der Waals surface area contributed by atoms with Gasteiger partial charge in [-0.3, -0.25) is 9.59 Å². The number of anilines is 2. The van der Waals surface area contributed by atoms with Crippen LogP contribution in [0, 0.1) is 13.8 Å². The minimum atomic E-state index is -4.47. The van der Waals surface area contributed by atoms with Crippen LogP contribution >= 0.6 is 0 Å². The summed E-state index contributed by atoms with van der Waals surface area (Å²) in [7, 11) is 0. The number of benzene rings is 1. The zero-order valence-electron chi connectivity index (χ0n) is 20.8. The molecule has 0 aliphatic rings. The minimum Gasteiger partial charge on any atom is -0.379 e. The first-order chi connectivity index (χ1) is 17.1. The van der Waals surface area contributed by atoms with Gasteiger partial charge in [-0.05, 0) is 57.0 Å². The molecule has 3 rings (SSSR count). The molecular formula is C25H31F3N6O2. The van der Waals surface area contributed by atoms with E-state index in [2.05, 4.69) is 32.8 Å². The number of amides is 1. The van der Waals surface area contributed by atoms with Gasteiger partial charge in [0.25, 0.3) is 0 Å². The lowest BCUT2D eigenvalue weighted by Gasteiger charge is -2.20. The van der Waals surface area contributed by atoms with Crippen molar-refractivity contribution in [2.24, 2.45) is 0 Å². The highest BCUT2D eigenvalue weighted by atomic mass is 19.4. The largest absolute Gasteiger partial charge is 0.416 e. The van der Waals surface area contributed by atoms with Crippen molar-refractivity contribution in [2.45, 2.75) is 53.3 Å². The highest BCUT2D eigenvalue weighted by Gasteiger charge is 2.30. The van der Waals surface area contributed by atoms with E-state index in [0.717, 1.165) is 25.1 Å². The second-order valence-electron chi connectivity index (χ2n) is 8.53. The predicted molar refractivity (Wildman–Crippen MR) is 134 cm³/mol. The van der Waals surface area contributed by atoms with Crippen molar-refractivity contribution >= 4 is 28.4 Å². The van der Waals surface area contributed by atoms with Crippen molar-refractivity contribution in [1.82, 2.24) is 19.9 Å². The molecule has 2 aromatic heterocycles. The number of aryl methyl sites for hydroxylation is 2. The average Bonchev–Trinajstić information content (AvgIpc) is 2.82. The zero-order chi connectivity index (χ0) is 26.5. The van der Waals surface area contributed by atoms with Gasteiger partial charge >= 0.3 is 6.18 Å². The number of nitrogens with one attached hydrogen (secondary N) is 3. The molecule has 0 bridgehead atoms. The number of halogens is 3. The summed E-state index contributed by atoms with van der Waals surface area (Å²) >= 11 is 0. The number of nitrogens with zero attached hydrogens (tertiary/aromatic N) is 3. The van der Waals surface area contributed by atoms with Gasteiger partial charge in [-0.1, -0.05) is 13.8 Å². The quantitative estimate of drug-likeness (QED) is 0.361. The Morgan fingerprint density at radius 1 is 1.11 bits per heavy atom. The van der Waals surface area contributed by atoms with Gasteiger partial charge < -0.3 is 20.5 Å². The van der Waals surface area contributed by atoms with E-state index in [9.17, 15) is 22.8 Å². The highest BCUT2D eigenvalue weighted by Crippen LogP contribution is 2.31. The van der Waals surface area contributed by atoms with Crippen LogP contribution in [-0.2, 0) is 23.9 Å². The lowest BCUT2D eigenvalue weighted by Crippen LogP contribution is -2.29. The van der Waals surface area contributed by atoms with Gasteiger partial charge in [0, 0.05) is 30.7 Å². The van der Waals surface area contributed by atoms with Gasteiger partial charge in [0.15, 0.2) is 11.2 Å². The SMILES string of the molecule is CCCNCCNc1c(CC)n(CC(=O)Nc2ccc(C(F)(F)F)cc2C)c2nc(C)cnc2c1=O. The smallest absolute Gasteiger partial charge is 0.379 e. The first kappa shape index (κ1) is 27.1. The second kappa shape index (κ2) is 11.5. The molecular weight excluding hydrogens is 473 g/mol. The van der Waals surface area contributed by atoms with E-state index in [1.807, 2.05) is 6.92 Å². The van der Waals surface area contributed by atoms with E-state index in [1.165, 1.54) is 19.2 Å². The molecule has 0 unspecified atom stereocenters. The average molecular weight is 505 g/mol. The second-order valence-corrected chi connectivity index (χ2v) is 8.53. The number of hydrogen-bond donors (Lipinski definition) is 3. The van der Waals surface area contributed by atoms with Gasteiger partial charge in [0.2, 0.25) is 11.3 Å². The maximum absolute atomic E-state index is 13.2. The summed E-state index contributed by atoms with van der Waals surface area (Å²) < 4.78 is 40.6. The monoisotopic (exact) mass is 504 g/mol. The Bertz CT molecular complexity index is 1300. The van der Waals surface area contributed by atoms with Crippen LogP contribution in [0.25, 0.3) is 11.2 Å². The van der Waals surface area contributed by atoms with Gasteiger partial charge in [-0.25, -0.2) is 9.97 Å². The van der Waals surface area contributed by atoms with E-state index in [0.29, 0.717) is 36.6 Å². The number of carbonyl (C=O) groups excluding carboxylic acids is 1. The minimum absolute atomic E-state index is 0.139. The van der Waals surface area contributed by atoms with Crippen LogP contribution in [0.15, 0.2) is 29.2 Å². The summed E-state index contributed by atoms with van der Waals surface area (Å²) in [5, 5.41) is 9.14. The molecule has 3 N–H and O–H groups in total. The normalized spacial score (nSPS) is 11.6. The lowest BCUT2D eigenvalue weighted by atomic mass is 10.1. The Balaban J connectivity index is 1.96. The fourth-order valence-electron chi connectivity index (χ4n) is 3.94. The third-order valence-corrected chi connectivity index (χ3v) is 5.68. The maximum Gasteiger partial charge on any atom is 0.416 e. The van der Waals surface area contributed by atoms with E-state index < -0.39 is 17.6 Å². The van der Waals surface area contributed by atoms with E-state index in [4.69, 9.17) is 0 Å². The van der Waals surface area contributed by atoms with Crippen molar-refractivity contribution in [2.75, 3.05) is 30.3 Å². The van der Waals surface area contributed by atoms with Gasteiger partial charge in [0.1, 0.15) is 12.2 Å². The van der Waals surface area contributed by atoms with Gasteiger partial charge in [-0.2, -0.15) is 13.2 Å². The molecule has 0 radical (unpaired) electrons. The maximum atomic E-state index is 13.2. The number of aromatic nitrogens is 3. The zero-order valence-corrected chi connectivity index (χ0v) is 20.8. The predicted octanol–water partition coefficient (Wildman–Crippen LogP) is 4.04. The summed E-state index contributed by atoms with van der Waals surface area (Å²) in [6.45, 7) is 9.00. The summed E-state index contributed by atoms with van der Waals surface area (Å²) in [5.74, 6) is -0.462. The van der Waals surface area contributed by atoms with Gasteiger partial charge in [-0.15, -0.1) is 0 Å². The molecule has 0 fully saturated rings. The number of pyridine rings is 1. The fourth-order valence-corrected chi connectivity index (χ4v) is 3.94. The molecule has 0 saturated carbocycles. The summed E-state index contributed by atoms with van der Waals surface area (Å²) in [4.78, 5) is 35.0. The molecule has 0 aliphatic heterocycles. The van der Waals surface area contributed by atoms with Crippen molar-refractivity contribution in [3.63, 3.8) is 0 Å². The number of rotatable bonds is 10. The number of alkyl halides is 3. The Morgan fingerprint density at radius 3 is 2.50 bits per heavy atom. The Kier molecular flexibility index (Phi) is 8.67. The molecule has 1 amide bonds. The third kappa shape index (κ3) is 6.20. The topological polar surface area (TPSA) is 101 Å². The van der Waals surface area contributed by atoms with Gasteiger partial charge in [0.05, 0.1) is 11.3 Å². The van der Waals surface area contributed by atoms with Crippen LogP contribution in [0.1, 0.15) is 42.8 Å². The first-order valence-electron chi connectivity index (χ1n) is 11.9. The number of carbonyl (C=O) groups is 1. The van der Waals surface area contributed by atoms with E-state index in [1.54, 1.807) is 11.5 Å². The molecule has 0 saturated heterocycles. The molecule has 36 heavy (non-hydrogen) atoms. The Hall–Kier alpha value is -3.47. The molecule has 0 atom stereocenters. The van der Waals surface area contributed by atoms with E-state index >= 15 is 0 Å². The molecule has 8 nitrogen and oxygen atoms in total. The van der Waals surface area contributed by atoms with Crippen molar-refractivity contribution in [3.8, 4) is 0 Å². The fraction of sp³-hybridized carbons (Fsp3) is 0.440. The van der Waals surface area contributed by atoms with Crippen molar-refractivity contribution in [1.29, 1.82) is 0 Å². The summed E-state index contributed by atoms with van der Waals surface area (Å²) in [6.07, 6.45) is -1.54. The van der Waals surface area contributed by atoms with Crippen LogP contribution in [0.4, 0.5) is 24.5 Å². The molecule has 194 valence electrons. The van der Waals surface area contributed by atoms with E-state index in [-0.39, 0.29) is 34.4 Å². The van der Waals surface area contributed by atoms with Crippen LogP contribution in [-0.4, -0.2) is 40.1 Å². The third-order valence-electron chi connectivity index (χ3n) is 5.68. The molecule has 0 spiro atoms. The lowest BCUT2D eigenvalue weighted by molar-refractivity contribution is -0.137. The number of fused-ring (bicyclic) bond motifs is 1. The van der Waals surface area contributed by atoms with Crippen LogP contribution in [0.2, 0.25) is 0 Å². The van der Waals surface area contributed by atoms with Crippen molar-refractivity contribution < 1.29 is 18.0 Å². The van der Waals surface area contributed by atoms with Crippen LogP contribution in [0.5, 0.6) is 0 Å². The molecule has 0 aliphatic carbocycles. The van der Waals surface area contributed by atoms with Crippen LogP contribution < -0.4 is 21.4 Å². The van der Waals surface area contributed by atoms with Crippen LogP contribution in [0.3, 0.4) is 0 Å². The highest BCUT2D eigenvalue weighted by molar-refractivity contribution is 5.92. The van der Waals surface area contributed by atoms with Crippen molar-refractivity contribution in [3.05, 3.63) is 57.1 Å². The summed E-state index contributed by atoms with van der Waals surface area (Å²) in [6, 6.07) is 3.16.